The smallest absolute Gasteiger partial charge is 0.257 e. The van der Waals surface area contributed by atoms with Crippen LogP contribution in [0.25, 0.3) is 0 Å². The molecule has 1 saturated heterocycles. The van der Waals surface area contributed by atoms with E-state index in [1.807, 2.05) is 0 Å². The average Bonchev–Trinajstić information content (AvgIpc) is 2.46. The number of amides is 1. The van der Waals surface area contributed by atoms with Crippen LogP contribution in [0.1, 0.15) is 10.4 Å². The molecule has 0 aromatic heterocycles. The zero-order valence-corrected chi connectivity index (χ0v) is 12.2. The number of aliphatic hydroxyl groups is 1. The van der Waals surface area contributed by atoms with Crippen LogP contribution in [-0.2, 0) is 4.74 Å². The molecular weight excluding hydrogens is 314 g/mol. The minimum Gasteiger partial charge on any atom is -0.496 e. The maximum Gasteiger partial charge on any atom is 0.257 e. The van der Waals surface area contributed by atoms with Crippen molar-refractivity contribution >= 4 is 21.8 Å². The number of carbonyl (C=O) groups excluding carboxylic acids is 1. The highest BCUT2D eigenvalue weighted by atomic mass is 79.9. The Kier molecular flexibility index (Phi) is 4.79. The fourth-order valence-electron chi connectivity index (χ4n) is 2.03. The van der Waals surface area contributed by atoms with Gasteiger partial charge in [0.15, 0.2) is 0 Å². The molecule has 1 unspecified atom stereocenters. The molecule has 1 aromatic rings. The van der Waals surface area contributed by atoms with Crippen molar-refractivity contribution in [2.45, 2.75) is 6.10 Å². The molecule has 0 aliphatic carbocycles. The van der Waals surface area contributed by atoms with Crippen molar-refractivity contribution in [3.05, 3.63) is 28.2 Å². The van der Waals surface area contributed by atoms with E-state index in [-0.39, 0.29) is 18.6 Å². The van der Waals surface area contributed by atoms with Crippen molar-refractivity contribution in [2.75, 3.05) is 33.4 Å². The highest BCUT2D eigenvalue weighted by Gasteiger charge is 2.26. The van der Waals surface area contributed by atoms with Gasteiger partial charge in [-0.05, 0) is 18.2 Å². The highest BCUT2D eigenvalue weighted by molar-refractivity contribution is 9.10. The number of ether oxygens (including phenoxy) is 2. The van der Waals surface area contributed by atoms with Gasteiger partial charge in [-0.2, -0.15) is 0 Å². The number of hydrogen-bond acceptors (Lipinski definition) is 4. The molecule has 0 saturated carbocycles. The van der Waals surface area contributed by atoms with Crippen LogP contribution in [0.2, 0.25) is 0 Å². The first-order chi connectivity index (χ1) is 9.15. The summed E-state index contributed by atoms with van der Waals surface area (Å²) in [5.74, 6) is 0.428. The fraction of sp³-hybridized carbons (Fsp3) is 0.462. The number of nitrogens with zero attached hydrogens (tertiary/aromatic N) is 1. The van der Waals surface area contributed by atoms with E-state index in [1.165, 1.54) is 7.11 Å². The number of halogens is 1. The van der Waals surface area contributed by atoms with Gasteiger partial charge in [-0.25, -0.2) is 0 Å². The molecule has 6 heteroatoms. The molecule has 1 aromatic carbocycles. The van der Waals surface area contributed by atoms with Gasteiger partial charge in [-0.1, -0.05) is 15.9 Å². The fourth-order valence-corrected chi connectivity index (χ4v) is 2.37. The van der Waals surface area contributed by atoms with E-state index < -0.39 is 0 Å². The number of benzene rings is 1. The van der Waals surface area contributed by atoms with Gasteiger partial charge in [0.2, 0.25) is 0 Å². The van der Waals surface area contributed by atoms with Gasteiger partial charge in [0, 0.05) is 17.6 Å². The maximum absolute atomic E-state index is 12.4. The van der Waals surface area contributed by atoms with Gasteiger partial charge in [0.1, 0.15) is 5.75 Å². The molecule has 5 nitrogen and oxygen atoms in total. The molecule has 2 rings (SSSR count). The van der Waals surface area contributed by atoms with E-state index in [9.17, 15) is 4.79 Å². The van der Waals surface area contributed by atoms with Gasteiger partial charge in [0.25, 0.3) is 5.91 Å². The lowest BCUT2D eigenvalue weighted by Crippen LogP contribution is -2.46. The number of rotatable bonds is 3. The second-order valence-electron chi connectivity index (χ2n) is 4.27. The summed E-state index contributed by atoms with van der Waals surface area (Å²) in [6.45, 7) is 1.28. The largest absolute Gasteiger partial charge is 0.496 e. The highest BCUT2D eigenvalue weighted by Crippen LogP contribution is 2.25. The summed E-state index contributed by atoms with van der Waals surface area (Å²) in [5.41, 5.74) is 0.518. The summed E-state index contributed by atoms with van der Waals surface area (Å²) in [4.78, 5) is 14.1. The quantitative estimate of drug-likeness (QED) is 0.907. The normalized spacial score (nSPS) is 19.3. The van der Waals surface area contributed by atoms with E-state index in [2.05, 4.69) is 15.9 Å². The van der Waals surface area contributed by atoms with Crippen LogP contribution in [0.3, 0.4) is 0 Å². The van der Waals surface area contributed by atoms with Gasteiger partial charge in [-0.3, -0.25) is 4.79 Å². The molecule has 0 bridgehead atoms. The van der Waals surface area contributed by atoms with E-state index in [1.54, 1.807) is 23.1 Å². The van der Waals surface area contributed by atoms with Crippen LogP contribution < -0.4 is 4.74 Å². The van der Waals surface area contributed by atoms with Crippen molar-refractivity contribution in [2.24, 2.45) is 0 Å². The molecule has 0 spiro atoms. The topological polar surface area (TPSA) is 59.0 Å². The number of methoxy groups -OCH3 is 1. The first-order valence-electron chi connectivity index (χ1n) is 6.01. The van der Waals surface area contributed by atoms with E-state index in [4.69, 9.17) is 14.6 Å². The van der Waals surface area contributed by atoms with Crippen LogP contribution in [0.4, 0.5) is 0 Å². The predicted octanol–water partition coefficient (Wildman–Crippen LogP) is 1.29. The Morgan fingerprint density at radius 1 is 1.63 bits per heavy atom. The predicted molar refractivity (Wildman–Crippen MR) is 73.4 cm³/mol. The van der Waals surface area contributed by atoms with Gasteiger partial charge in [-0.15, -0.1) is 0 Å². The first kappa shape index (κ1) is 14.3. The zero-order valence-electron chi connectivity index (χ0n) is 10.6. The minimum absolute atomic E-state index is 0.0821. The second-order valence-corrected chi connectivity index (χ2v) is 5.19. The maximum atomic E-state index is 12.4. The van der Waals surface area contributed by atoms with Crippen LogP contribution >= 0.6 is 15.9 Å². The van der Waals surface area contributed by atoms with E-state index >= 15 is 0 Å². The van der Waals surface area contributed by atoms with Crippen molar-refractivity contribution in [1.29, 1.82) is 0 Å². The summed E-state index contributed by atoms with van der Waals surface area (Å²) < 4.78 is 11.4. The second kappa shape index (κ2) is 6.36. The van der Waals surface area contributed by atoms with E-state index in [0.717, 1.165) is 4.47 Å². The molecule has 1 fully saturated rings. The molecule has 1 atom stereocenters. The minimum atomic E-state index is -0.306. The van der Waals surface area contributed by atoms with Gasteiger partial charge < -0.3 is 19.5 Å². The third-order valence-corrected chi connectivity index (χ3v) is 3.52. The molecule has 1 N–H and O–H groups in total. The lowest BCUT2D eigenvalue weighted by atomic mass is 10.1. The Morgan fingerprint density at radius 2 is 2.42 bits per heavy atom. The Labute approximate surface area is 120 Å². The molecular formula is C13H16BrNO4. The first-order valence-corrected chi connectivity index (χ1v) is 6.80. The average molecular weight is 330 g/mol. The van der Waals surface area contributed by atoms with Crippen molar-refractivity contribution in [3.8, 4) is 5.75 Å². The molecule has 1 aliphatic heterocycles. The van der Waals surface area contributed by atoms with Crippen molar-refractivity contribution < 1.29 is 19.4 Å². The third-order valence-electron chi connectivity index (χ3n) is 3.02. The van der Waals surface area contributed by atoms with Crippen LogP contribution in [0.5, 0.6) is 5.75 Å². The summed E-state index contributed by atoms with van der Waals surface area (Å²) in [7, 11) is 1.54. The SMILES string of the molecule is COc1cc(Br)ccc1C(=O)N1CCOC(CO)C1. The van der Waals surface area contributed by atoms with Crippen LogP contribution in [0.15, 0.2) is 22.7 Å². The number of aliphatic hydroxyl groups excluding tert-OH is 1. The number of hydrogen-bond donors (Lipinski definition) is 1. The lowest BCUT2D eigenvalue weighted by molar-refractivity contribution is -0.0447. The molecule has 104 valence electrons. The zero-order chi connectivity index (χ0) is 13.8. The van der Waals surface area contributed by atoms with Gasteiger partial charge in [0.05, 0.1) is 32.0 Å². The summed E-state index contributed by atoms with van der Waals surface area (Å²) in [6, 6.07) is 5.30. The lowest BCUT2D eigenvalue weighted by Gasteiger charge is -2.32. The molecule has 1 aliphatic rings. The molecule has 19 heavy (non-hydrogen) atoms. The standard InChI is InChI=1S/C13H16BrNO4/c1-18-12-6-9(14)2-3-11(12)13(17)15-4-5-19-10(7-15)8-16/h2-3,6,10,16H,4-5,7-8H2,1H3. The van der Waals surface area contributed by atoms with Crippen LogP contribution in [-0.4, -0.2) is 55.4 Å². The Hall–Kier alpha value is -1.11. The van der Waals surface area contributed by atoms with Crippen molar-refractivity contribution in [3.63, 3.8) is 0 Å². The summed E-state index contributed by atoms with van der Waals surface area (Å²) in [6.07, 6.45) is -0.306. The van der Waals surface area contributed by atoms with Crippen molar-refractivity contribution in [1.82, 2.24) is 4.90 Å². The van der Waals surface area contributed by atoms with E-state index in [0.29, 0.717) is 31.0 Å². The Balaban J connectivity index is 2.19. The summed E-state index contributed by atoms with van der Waals surface area (Å²) >= 11 is 3.35. The summed E-state index contributed by atoms with van der Waals surface area (Å²) in [5, 5.41) is 9.10. The molecule has 0 radical (unpaired) electrons. The Morgan fingerprint density at radius 3 is 3.11 bits per heavy atom. The molecule has 1 amide bonds. The number of morpholine rings is 1. The van der Waals surface area contributed by atoms with Crippen LogP contribution in [0, 0.1) is 0 Å². The van der Waals surface area contributed by atoms with Gasteiger partial charge >= 0.3 is 0 Å². The Bertz CT molecular complexity index is 466. The third kappa shape index (κ3) is 3.26. The molecule has 1 heterocycles. The number of carbonyl (C=O) groups is 1. The monoisotopic (exact) mass is 329 g/mol.